The summed E-state index contributed by atoms with van der Waals surface area (Å²) in [5.74, 6) is 0.749. The lowest BCUT2D eigenvalue weighted by Crippen LogP contribution is -2.37. The van der Waals surface area contributed by atoms with E-state index in [0.29, 0.717) is 12.2 Å². The minimum absolute atomic E-state index is 0.451. The summed E-state index contributed by atoms with van der Waals surface area (Å²) in [6.45, 7) is 11.0. The lowest BCUT2D eigenvalue weighted by molar-refractivity contribution is 0.0636. The summed E-state index contributed by atoms with van der Waals surface area (Å²) in [6, 6.07) is 7.73. The summed E-state index contributed by atoms with van der Waals surface area (Å²) >= 11 is 1.70. The molecule has 0 fully saturated rings. The summed E-state index contributed by atoms with van der Waals surface area (Å²) in [6.07, 6.45) is 0.385. The monoisotopic (exact) mass is 417 g/mol. The van der Waals surface area contributed by atoms with Gasteiger partial charge in [0.05, 0.1) is 12.2 Å². The molecular weight excluding hydrogens is 386 g/mol. The fourth-order valence-corrected chi connectivity index (χ4v) is 3.37. The molecule has 0 radical (unpaired) electrons. The van der Waals surface area contributed by atoms with Crippen molar-refractivity contribution in [2.45, 2.75) is 53.2 Å². The molecule has 1 aromatic heterocycles. The SMILES string of the molecule is CN=C(NCCc1ccc(NC(=O)OC(C)(C)C)cc1)NCc1nc(C)c(C)s1. The summed E-state index contributed by atoms with van der Waals surface area (Å²) in [5.41, 5.74) is 2.44. The maximum atomic E-state index is 11.8. The molecule has 0 aliphatic carbocycles. The van der Waals surface area contributed by atoms with E-state index in [0.717, 1.165) is 35.2 Å². The minimum Gasteiger partial charge on any atom is -0.444 e. The molecule has 0 aliphatic rings. The number of hydrogen-bond donors (Lipinski definition) is 3. The molecule has 8 heteroatoms. The standard InChI is InChI=1S/C21H31N5O2S/c1-14-15(2)29-18(25-14)13-24-19(22-6)23-12-11-16-7-9-17(10-8-16)26-20(27)28-21(3,4)5/h7-10H,11-13H2,1-6H3,(H,26,27)(H2,22,23,24). The Kier molecular flexibility index (Phi) is 8.01. The highest BCUT2D eigenvalue weighted by Crippen LogP contribution is 2.16. The first-order valence-corrected chi connectivity index (χ1v) is 10.4. The number of aryl methyl sites for hydroxylation is 2. The van der Waals surface area contributed by atoms with Gasteiger partial charge < -0.3 is 15.4 Å². The van der Waals surface area contributed by atoms with Crippen molar-refractivity contribution in [1.29, 1.82) is 0 Å². The van der Waals surface area contributed by atoms with Gasteiger partial charge in [0.15, 0.2) is 5.96 Å². The normalized spacial score (nSPS) is 11.9. The fourth-order valence-electron chi connectivity index (χ4n) is 2.50. The van der Waals surface area contributed by atoms with E-state index in [4.69, 9.17) is 4.74 Å². The summed E-state index contributed by atoms with van der Waals surface area (Å²) in [7, 11) is 1.75. The van der Waals surface area contributed by atoms with Crippen molar-refractivity contribution < 1.29 is 9.53 Å². The van der Waals surface area contributed by atoms with Crippen molar-refractivity contribution in [2.24, 2.45) is 4.99 Å². The number of thiazole rings is 1. The smallest absolute Gasteiger partial charge is 0.412 e. The van der Waals surface area contributed by atoms with Crippen LogP contribution in [0.3, 0.4) is 0 Å². The summed E-state index contributed by atoms with van der Waals surface area (Å²) in [4.78, 5) is 21.8. The Morgan fingerprint density at radius 3 is 2.41 bits per heavy atom. The predicted octanol–water partition coefficient (Wildman–Crippen LogP) is 4.01. The first-order chi connectivity index (χ1) is 13.7. The number of carbonyl (C=O) groups excluding carboxylic acids is 1. The lowest BCUT2D eigenvalue weighted by Gasteiger charge is -2.19. The molecule has 0 bridgehead atoms. The number of nitrogens with zero attached hydrogens (tertiary/aromatic N) is 2. The first-order valence-electron chi connectivity index (χ1n) is 9.62. The molecule has 7 nitrogen and oxygen atoms in total. The van der Waals surface area contributed by atoms with Gasteiger partial charge in [0, 0.05) is 24.2 Å². The fraction of sp³-hybridized carbons (Fsp3) is 0.476. The van der Waals surface area contributed by atoms with E-state index in [1.54, 1.807) is 18.4 Å². The highest BCUT2D eigenvalue weighted by molar-refractivity contribution is 7.11. The molecule has 2 aromatic rings. The number of guanidine groups is 1. The average molecular weight is 418 g/mol. The number of amides is 1. The van der Waals surface area contributed by atoms with E-state index in [9.17, 15) is 4.79 Å². The van der Waals surface area contributed by atoms with Gasteiger partial charge in [0.2, 0.25) is 0 Å². The zero-order valence-electron chi connectivity index (χ0n) is 18.0. The molecule has 0 spiro atoms. The molecule has 3 N–H and O–H groups in total. The highest BCUT2D eigenvalue weighted by atomic mass is 32.1. The molecule has 1 heterocycles. The Morgan fingerprint density at radius 2 is 1.86 bits per heavy atom. The highest BCUT2D eigenvalue weighted by Gasteiger charge is 2.16. The van der Waals surface area contributed by atoms with Crippen LogP contribution in [0.2, 0.25) is 0 Å². The molecule has 2 rings (SSSR count). The number of aliphatic imine (C=N–C) groups is 1. The molecule has 1 amide bonds. The molecule has 0 aliphatic heterocycles. The lowest BCUT2D eigenvalue weighted by atomic mass is 10.1. The minimum atomic E-state index is -0.514. The molecule has 0 atom stereocenters. The zero-order chi connectivity index (χ0) is 21.4. The van der Waals surface area contributed by atoms with Crippen molar-refractivity contribution in [3.05, 3.63) is 45.4 Å². The molecule has 1 aromatic carbocycles. The van der Waals surface area contributed by atoms with Crippen LogP contribution in [0.15, 0.2) is 29.3 Å². The summed E-state index contributed by atoms with van der Waals surface area (Å²) < 4.78 is 5.25. The number of aromatic nitrogens is 1. The van der Waals surface area contributed by atoms with Crippen molar-refractivity contribution in [1.82, 2.24) is 15.6 Å². The third-order valence-corrected chi connectivity index (χ3v) is 5.08. The van der Waals surface area contributed by atoms with Gasteiger partial charge >= 0.3 is 6.09 Å². The molecule has 0 saturated carbocycles. The van der Waals surface area contributed by atoms with Crippen molar-refractivity contribution >= 4 is 29.1 Å². The number of ether oxygens (including phenoxy) is 1. The number of benzene rings is 1. The second-order valence-corrected chi connectivity index (χ2v) is 8.96. The van der Waals surface area contributed by atoms with E-state index < -0.39 is 11.7 Å². The van der Waals surface area contributed by atoms with Gasteiger partial charge in [0.25, 0.3) is 0 Å². The Bertz CT molecular complexity index is 818. The van der Waals surface area contributed by atoms with Gasteiger partial charge in [0.1, 0.15) is 10.6 Å². The number of hydrogen-bond acceptors (Lipinski definition) is 5. The molecular formula is C21H31N5O2S. The number of carbonyl (C=O) groups is 1. The van der Waals surface area contributed by atoms with Crippen LogP contribution in [0.4, 0.5) is 10.5 Å². The Hall–Kier alpha value is -2.61. The van der Waals surface area contributed by atoms with E-state index in [2.05, 4.69) is 32.9 Å². The molecule has 0 unspecified atom stereocenters. The van der Waals surface area contributed by atoms with Gasteiger partial charge in [-0.15, -0.1) is 11.3 Å². The Morgan fingerprint density at radius 1 is 1.17 bits per heavy atom. The van der Waals surface area contributed by atoms with Crippen LogP contribution in [0, 0.1) is 13.8 Å². The van der Waals surface area contributed by atoms with Crippen LogP contribution < -0.4 is 16.0 Å². The largest absolute Gasteiger partial charge is 0.444 e. The second kappa shape index (κ2) is 10.2. The van der Waals surface area contributed by atoms with Crippen molar-refractivity contribution in [3.8, 4) is 0 Å². The molecule has 0 saturated heterocycles. The second-order valence-electron chi connectivity index (χ2n) is 7.68. The summed E-state index contributed by atoms with van der Waals surface area (Å²) in [5, 5.41) is 10.4. The van der Waals surface area contributed by atoms with Crippen LogP contribution >= 0.6 is 11.3 Å². The number of anilines is 1. The average Bonchev–Trinajstić information content (AvgIpc) is 2.95. The predicted molar refractivity (Wildman–Crippen MR) is 120 cm³/mol. The third kappa shape index (κ3) is 8.11. The van der Waals surface area contributed by atoms with Crippen LogP contribution in [-0.4, -0.2) is 36.2 Å². The first kappa shape index (κ1) is 22.7. The van der Waals surface area contributed by atoms with Gasteiger partial charge in [-0.05, 0) is 58.7 Å². The van der Waals surface area contributed by atoms with Crippen LogP contribution in [0.5, 0.6) is 0 Å². The van der Waals surface area contributed by atoms with E-state index in [-0.39, 0.29) is 0 Å². The maximum absolute atomic E-state index is 11.8. The molecule has 29 heavy (non-hydrogen) atoms. The number of rotatable bonds is 6. The topological polar surface area (TPSA) is 87.6 Å². The van der Waals surface area contributed by atoms with Gasteiger partial charge in [-0.25, -0.2) is 9.78 Å². The van der Waals surface area contributed by atoms with Crippen molar-refractivity contribution in [3.63, 3.8) is 0 Å². The molecule has 158 valence electrons. The van der Waals surface area contributed by atoms with E-state index in [1.807, 2.05) is 52.0 Å². The van der Waals surface area contributed by atoms with E-state index >= 15 is 0 Å². The van der Waals surface area contributed by atoms with Crippen LogP contribution in [0.1, 0.15) is 41.9 Å². The van der Waals surface area contributed by atoms with Gasteiger partial charge in [-0.2, -0.15) is 0 Å². The van der Waals surface area contributed by atoms with Crippen LogP contribution in [-0.2, 0) is 17.7 Å². The van der Waals surface area contributed by atoms with Crippen molar-refractivity contribution in [2.75, 3.05) is 18.9 Å². The Balaban J connectivity index is 1.75. The van der Waals surface area contributed by atoms with Gasteiger partial charge in [-0.3, -0.25) is 10.3 Å². The Labute approximate surface area is 177 Å². The zero-order valence-corrected chi connectivity index (χ0v) is 18.9. The third-order valence-electron chi connectivity index (χ3n) is 4.01. The number of nitrogens with one attached hydrogen (secondary N) is 3. The van der Waals surface area contributed by atoms with E-state index in [1.165, 1.54) is 4.88 Å². The maximum Gasteiger partial charge on any atom is 0.412 e. The quantitative estimate of drug-likeness (QED) is 0.488. The van der Waals surface area contributed by atoms with Crippen LogP contribution in [0.25, 0.3) is 0 Å². The van der Waals surface area contributed by atoms with Gasteiger partial charge in [-0.1, -0.05) is 12.1 Å².